The summed E-state index contributed by atoms with van der Waals surface area (Å²) < 4.78 is 68.2. The number of imidazole rings is 5. The van der Waals surface area contributed by atoms with Crippen LogP contribution in [0.2, 0.25) is 0 Å². The molecule has 7 aromatic heterocycles. The second-order valence-corrected chi connectivity index (χ2v) is 30.5. The zero-order valence-electron chi connectivity index (χ0n) is 68.7. The van der Waals surface area contributed by atoms with E-state index in [0.717, 1.165) is 52.4 Å². The summed E-state index contributed by atoms with van der Waals surface area (Å²) in [7, 11) is 2.60. The number of benzene rings is 8. The number of thiazole rings is 2. The van der Waals surface area contributed by atoms with Gasteiger partial charge in [0.05, 0.1) is 92.4 Å². The van der Waals surface area contributed by atoms with Crippen molar-refractivity contribution in [1.82, 2.24) is 87.5 Å². The first kappa shape index (κ1) is 98.1. The highest BCUT2D eigenvalue weighted by Crippen LogP contribution is 2.28. The molecular formula is C91H96F4N20O14S2. The van der Waals surface area contributed by atoms with E-state index in [-0.39, 0.29) is 93.1 Å². The van der Waals surface area contributed by atoms with Crippen molar-refractivity contribution in [2.24, 2.45) is 0 Å². The number of ether oxygens (including phenoxy) is 2. The van der Waals surface area contributed by atoms with E-state index in [4.69, 9.17) is 15.9 Å². The Morgan fingerprint density at radius 3 is 1.20 bits per heavy atom. The molecule has 4 aliphatic heterocycles. The molecule has 0 radical (unpaired) electrons. The van der Waals surface area contributed by atoms with E-state index in [0.29, 0.717) is 126 Å². The van der Waals surface area contributed by atoms with Gasteiger partial charge >= 0.3 is 41.0 Å². The minimum atomic E-state index is -1.07. The van der Waals surface area contributed by atoms with Gasteiger partial charge in [-0.05, 0) is 177 Å². The molecule has 19 rings (SSSR count). The van der Waals surface area contributed by atoms with Crippen LogP contribution in [0.4, 0.5) is 39.4 Å². The van der Waals surface area contributed by atoms with Crippen molar-refractivity contribution in [3.63, 3.8) is 0 Å². The SMILES string of the molecule is C.C.C.CCO.COC(=O)c1ccc(Nc2ccc(F)cc2)c(N)c1.COC(=O)c1ccc2c(c1)[nH]c(=O)n2-c1ccc(F)cc1.O=C(O)c1ccc2c(c1)[nH]c(=O)n2-c1ccc(F)cc1.O=C(c1ccc2c(c1)[nH]c(=O)n2-c1ccc(F)cc1)N1CC(N2CCN(C(=O)c3nccs3)CC2)C1.O=C(c1nccs1)N1CCN(C2CNC2)CC1.O=C(n1ccnc1)n1ccnc1. The van der Waals surface area contributed by atoms with E-state index < -0.39 is 29.4 Å². The number of likely N-dealkylation sites (tertiary alicyclic amines) is 1. The Bertz CT molecular complexity index is 6510. The number of methoxy groups -OCH3 is 2. The number of aliphatic hydroxyl groups excluding tert-OH is 1. The van der Waals surface area contributed by atoms with E-state index in [1.165, 1.54) is 176 Å². The average molecular weight is 1830 g/mol. The molecule has 9 N–H and O–H groups in total. The molecule has 684 valence electrons. The number of carbonyl (C=O) groups is 7. The van der Waals surface area contributed by atoms with Gasteiger partial charge in [-0.1, -0.05) is 22.3 Å². The van der Waals surface area contributed by atoms with Gasteiger partial charge in [0, 0.05) is 156 Å². The second kappa shape index (κ2) is 45.6. The van der Waals surface area contributed by atoms with Crippen LogP contribution in [0.25, 0.3) is 50.2 Å². The predicted octanol–water partition coefficient (Wildman–Crippen LogP) is 11.9. The molecular weight excluding hydrogens is 1740 g/mol. The van der Waals surface area contributed by atoms with Crippen LogP contribution in [0, 0.1) is 23.3 Å². The summed E-state index contributed by atoms with van der Waals surface area (Å²) in [6, 6.07) is 42.5. The number of esters is 2. The molecule has 0 spiro atoms. The first-order valence-corrected chi connectivity index (χ1v) is 41.4. The number of nitrogen functional groups attached to an aromatic ring is 1. The normalized spacial score (nSPS) is 13.5. The number of hydrogen-bond acceptors (Lipinski definition) is 24. The van der Waals surface area contributed by atoms with Gasteiger partial charge in [0.15, 0.2) is 10.0 Å². The summed E-state index contributed by atoms with van der Waals surface area (Å²) in [6.07, 6.45) is 12.5. The smallest absolute Gasteiger partial charge is 0.338 e. The Morgan fingerprint density at radius 1 is 0.473 bits per heavy atom. The monoisotopic (exact) mass is 1830 g/mol. The first-order chi connectivity index (χ1) is 61.9. The predicted molar refractivity (Wildman–Crippen MR) is 491 cm³/mol. The number of halogens is 4. The molecule has 15 aromatic rings. The number of piperazine rings is 2. The quantitative estimate of drug-likeness (QED) is 0.0302. The van der Waals surface area contributed by atoms with Crippen LogP contribution in [-0.4, -0.2) is 246 Å². The Balaban J connectivity index is 0.000000167. The van der Waals surface area contributed by atoms with E-state index in [1.54, 1.807) is 121 Å². The third-order valence-corrected chi connectivity index (χ3v) is 22.2. The van der Waals surface area contributed by atoms with Crippen molar-refractivity contribution in [3.05, 3.63) is 317 Å². The topological polar surface area (TPSA) is 419 Å². The fourth-order valence-electron chi connectivity index (χ4n) is 13.9. The molecule has 0 aliphatic carbocycles. The molecule has 4 fully saturated rings. The highest BCUT2D eigenvalue weighted by Gasteiger charge is 2.38. The number of rotatable bonds is 13. The fraction of sp³-hybridized carbons (Fsp3) is 0.231. The van der Waals surface area contributed by atoms with E-state index in [9.17, 15) is 65.5 Å². The molecule has 131 heavy (non-hydrogen) atoms. The molecule has 40 heteroatoms. The number of aromatic nitrogens is 12. The number of amides is 3. The first-order valence-electron chi connectivity index (χ1n) is 39.7. The van der Waals surface area contributed by atoms with Crippen molar-refractivity contribution >= 4 is 114 Å². The van der Waals surface area contributed by atoms with Gasteiger partial charge in [0.25, 0.3) is 17.7 Å². The number of nitrogens with two attached hydrogens (primary N) is 1. The summed E-state index contributed by atoms with van der Waals surface area (Å²) in [6.45, 7) is 11.9. The molecule has 8 aromatic carbocycles. The molecule has 4 aliphatic rings. The summed E-state index contributed by atoms with van der Waals surface area (Å²) in [5, 5.41) is 27.6. The lowest BCUT2D eigenvalue weighted by Crippen LogP contribution is -2.64. The zero-order chi connectivity index (χ0) is 90.7. The molecule has 11 heterocycles. The lowest BCUT2D eigenvalue weighted by Gasteiger charge is -2.48. The summed E-state index contributed by atoms with van der Waals surface area (Å²) in [5.41, 5.74) is 12.6. The number of fused-ring (bicyclic) bond motifs is 3. The summed E-state index contributed by atoms with van der Waals surface area (Å²) >= 11 is 2.78. The number of carbonyl (C=O) groups excluding carboxylic acids is 6. The number of carboxylic acids is 1. The fourth-order valence-corrected chi connectivity index (χ4v) is 15.2. The standard InChI is InChI=1S/C25H23FN6O3S.C15H11FN2O3.C14H9FN2O3.C14H13FN2O2.C11H16N4OS.C7H6N4O.C2H6O.3CH4/c26-17-2-4-18(5-3-17)32-21-6-1-16(13-20(21)28-25(32)35)23(33)31-14-19(15-31)29-8-10-30(11-9-29)24(34)22-27-7-12-36-22;1-21-14(19)9-2-7-13-12(8-9)17-15(20)18(13)11-5-3-10(16)4-6-11;15-9-2-4-10(5-3-9)17-12-6-1-8(13(18)19)7-11(12)16-14(17)20;1-19-14(18)9-2-7-13(12(16)8-9)17-11-5-3-10(15)4-6-11;16-11(10-13-1-6-17-10)15-4-2-14(3-5-15)9-7-12-8-9;12-7(10-3-1-8-5-10)11-4-2-9-6-11;1-2-3;;;/h1-7,12-13,19H,8-11,14-15H2,(H,28,35);2-8H,1H3,(H,17,20);1-7H,(H,16,20)(H,18,19);2-8,17H,16H2,1H3;1,6,9,12H,2-5,7-8H2;1-6H;3H,2H2,1H3;3*1H4. The van der Waals surface area contributed by atoms with Crippen LogP contribution in [0.5, 0.6) is 0 Å². The van der Waals surface area contributed by atoms with Crippen molar-refractivity contribution in [2.75, 3.05) is 110 Å². The van der Waals surface area contributed by atoms with Crippen LogP contribution < -0.4 is 33.4 Å². The number of aliphatic hydroxyl groups is 1. The highest BCUT2D eigenvalue weighted by molar-refractivity contribution is 7.11. The Hall–Kier alpha value is -15.1. The Kier molecular flexibility index (Phi) is 34.1. The van der Waals surface area contributed by atoms with Crippen molar-refractivity contribution < 1.29 is 70.8 Å². The molecule has 0 saturated carbocycles. The minimum absolute atomic E-state index is 0. The van der Waals surface area contributed by atoms with Gasteiger partial charge in [0.2, 0.25) is 0 Å². The van der Waals surface area contributed by atoms with Crippen LogP contribution in [0.3, 0.4) is 0 Å². The molecule has 0 unspecified atom stereocenters. The van der Waals surface area contributed by atoms with E-state index in [2.05, 4.69) is 64.8 Å². The summed E-state index contributed by atoms with van der Waals surface area (Å²) in [4.78, 5) is 153. The molecule has 3 amide bonds. The van der Waals surface area contributed by atoms with Gasteiger partial charge in [-0.25, -0.2) is 71.1 Å². The maximum absolute atomic E-state index is 13.3. The zero-order valence-corrected chi connectivity index (χ0v) is 70.4. The number of hydrogen-bond donors (Lipinski definition) is 8. The van der Waals surface area contributed by atoms with Crippen LogP contribution in [-0.2, 0) is 9.47 Å². The average Bonchev–Trinajstić information content (AvgIpc) is 1.67. The maximum atomic E-state index is 13.3. The van der Waals surface area contributed by atoms with Crippen molar-refractivity contribution in [3.8, 4) is 17.1 Å². The lowest BCUT2D eigenvalue weighted by atomic mass is 10.0. The van der Waals surface area contributed by atoms with Crippen molar-refractivity contribution in [2.45, 2.75) is 41.3 Å². The van der Waals surface area contributed by atoms with E-state index >= 15 is 0 Å². The summed E-state index contributed by atoms with van der Waals surface area (Å²) in [5.74, 6) is -3.45. The maximum Gasteiger partial charge on any atom is 0.338 e. The van der Waals surface area contributed by atoms with Gasteiger partial charge in [-0.3, -0.25) is 47.0 Å². The number of H-pyrrole nitrogens is 3. The number of carboxylic acid groups (broad SMARTS) is 1. The molecule has 34 nitrogen and oxygen atoms in total. The largest absolute Gasteiger partial charge is 0.478 e. The third-order valence-electron chi connectivity index (χ3n) is 20.6. The third kappa shape index (κ3) is 24.0. The van der Waals surface area contributed by atoms with Crippen LogP contribution in [0.1, 0.15) is 90.2 Å². The highest BCUT2D eigenvalue weighted by atomic mass is 32.1. The number of nitrogens with one attached hydrogen (secondary N) is 5. The minimum Gasteiger partial charge on any atom is -0.478 e. The van der Waals surface area contributed by atoms with E-state index in [1.807, 2.05) is 15.2 Å². The number of nitrogens with zero attached hydrogens (tertiary/aromatic N) is 14. The Labute approximate surface area is 755 Å². The second-order valence-electron chi connectivity index (χ2n) is 28.7. The van der Waals surface area contributed by atoms with Crippen molar-refractivity contribution in [1.29, 1.82) is 0 Å². The number of aromatic amines is 3. The number of aromatic carboxylic acids is 1. The Morgan fingerprint density at radius 2 is 0.840 bits per heavy atom. The van der Waals surface area contributed by atoms with Crippen LogP contribution in [0.15, 0.2) is 245 Å². The molecule has 4 saturated heterocycles. The van der Waals surface area contributed by atoms with Gasteiger partial charge in [0.1, 0.15) is 35.9 Å². The molecule has 0 atom stereocenters. The number of anilines is 3. The van der Waals surface area contributed by atoms with Gasteiger partial charge in [-0.2, -0.15) is 0 Å². The molecule has 0 bridgehead atoms. The van der Waals surface area contributed by atoms with Crippen LogP contribution >= 0.6 is 22.7 Å². The van der Waals surface area contributed by atoms with Gasteiger partial charge < -0.3 is 65.7 Å². The lowest BCUT2D eigenvalue weighted by molar-refractivity contribution is 0.00850. The van der Waals surface area contributed by atoms with Gasteiger partial charge in [-0.15, -0.1) is 22.7 Å².